The summed E-state index contributed by atoms with van der Waals surface area (Å²) in [6.45, 7) is 2.00. The molecule has 1 atom stereocenters. The average molecular weight is 242 g/mol. The maximum Gasteiger partial charge on any atom is 0.417 e. The van der Waals surface area contributed by atoms with Gasteiger partial charge in [0.05, 0.1) is 17.0 Å². The van der Waals surface area contributed by atoms with Crippen LogP contribution in [0.25, 0.3) is 0 Å². The first kappa shape index (κ1) is 12.1. The van der Waals surface area contributed by atoms with E-state index < -0.39 is 11.7 Å². The van der Waals surface area contributed by atoms with Gasteiger partial charge in [-0.2, -0.15) is 13.2 Å². The molecule has 17 heavy (non-hydrogen) atoms. The van der Waals surface area contributed by atoms with Crippen molar-refractivity contribution in [3.05, 3.63) is 29.6 Å². The average Bonchev–Trinajstić information content (AvgIpc) is 2.28. The standard InChI is InChI=1S/C12H13F3N2/c1-8-3-2-4-11(17-8)10-6-5-9(7-16-10)12(13,14)15/h5-8H,2-4H2,1H3. The van der Waals surface area contributed by atoms with Crippen LogP contribution in [-0.2, 0) is 6.18 Å². The second-order valence-corrected chi connectivity index (χ2v) is 4.25. The molecule has 0 fully saturated rings. The van der Waals surface area contributed by atoms with E-state index in [4.69, 9.17) is 0 Å². The van der Waals surface area contributed by atoms with Gasteiger partial charge in [-0.1, -0.05) is 0 Å². The number of nitrogens with zero attached hydrogens (tertiary/aromatic N) is 2. The third kappa shape index (κ3) is 2.84. The highest BCUT2D eigenvalue weighted by atomic mass is 19.4. The van der Waals surface area contributed by atoms with Crippen LogP contribution >= 0.6 is 0 Å². The van der Waals surface area contributed by atoms with E-state index in [9.17, 15) is 13.2 Å². The van der Waals surface area contributed by atoms with Crippen molar-refractivity contribution in [1.29, 1.82) is 0 Å². The Bertz CT molecular complexity index is 420. The summed E-state index contributed by atoms with van der Waals surface area (Å²) in [4.78, 5) is 8.27. The van der Waals surface area contributed by atoms with Crippen molar-refractivity contribution in [2.75, 3.05) is 0 Å². The van der Waals surface area contributed by atoms with Gasteiger partial charge < -0.3 is 0 Å². The second-order valence-electron chi connectivity index (χ2n) is 4.25. The molecule has 0 saturated carbocycles. The van der Waals surface area contributed by atoms with Gasteiger partial charge in [-0.3, -0.25) is 9.98 Å². The van der Waals surface area contributed by atoms with Crippen molar-refractivity contribution in [3.63, 3.8) is 0 Å². The Labute approximate surface area is 97.6 Å². The first-order chi connectivity index (χ1) is 7.97. The van der Waals surface area contributed by atoms with Crippen molar-refractivity contribution in [2.45, 2.75) is 38.4 Å². The van der Waals surface area contributed by atoms with Crippen molar-refractivity contribution < 1.29 is 13.2 Å². The van der Waals surface area contributed by atoms with Gasteiger partial charge in [0.1, 0.15) is 0 Å². The normalized spacial score (nSPS) is 21.2. The first-order valence-electron chi connectivity index (χ1n) is 5.57. The SMILES string of the molecule is CC1CCCC(c2ccc(C(F)(F)F)cn2)=N1. The van der Waals surface area contributed by atoms with E-state index in [1.807, 2.05) is 6.92 Å². The molecule has 0 saturated heterocycles. The summed E-state index contributed by atoms with van der Waals surface area (Å²) in [5.74, 6) is 0. The zero-order valence-corrected chi connectivity index (χ0v) is 9.46. The number of pyridine rings is 1. The van der Waals surface area contributed by atoms with Crippen LogP contribution in [0.2, 0.25) is 0 Å². The molecule has 2 rings (SSSR count). The van der Waals surface area contributed by atoms with E-state index in [0.29, 0.717) is 5.69 Å². The van der Waals surface area contributed by atoms with E-state index in [2.05, 4.69) is 9.98 Å². The minimum absolute atomic E-state index is 0.239. The lowest BCUT2D eigenvalue weighted by Gasteiger charge is -2.16. The molecule has 1 unspecified atom stereocenters. The molecule has 1 aliphatic heterocycles. The summed E-state index contributed by atoms with van der Waals surface area (Å²) in [6.07, 6.45) is -0.611. The molecule has 0 radical (unpaired) electrons. The van der Waals surface area contributed by atoms with E-state index in [-0.39, 0.29) is 6.04 Å². The lowest BCUT2D eigenvalue weighted by Crippen LogP contribution is -2.15. The third-order valence-electron chi connectivity index (χ3n) is 2.80. The highest BCUT2D eigenvalue weighted by molar-refractivity contribution is 5.99. The number of hydrogen-bond acceptors (Lipinski definition) is 2. The second kappa shape index (κ2) is 4.47. The van der Waals surface area contributed by atoms with Crippen LogP contribution in [0, 0.1) is 0 Å². The van der Waals surface area contributed by atoms with Gasteiger partial charge >= 0.3 is 6.18 Å². The van der Waals surface area contributed by atoms with Crippen LogP contribution in [-0.4, -0.2) is 16.7 Å². The third-order valence-corrected chi connectivity index (χ3v) is 2.80. The van der Waals surface area contributed by atoms with E-state index in [1.165, 1.54) is 6.07 Å². The number of alkyl halides is 3. The number of halogens is 3. The predicted octanol–water partition coefficient (Wildman–Crippen LogP) is 3.46. The highest BCUT2D eigenvalue weighted by Crippen LogP contribution is 2.28. The molecule has 0 N–H and O–H groups in total. The van der Waals surface area contributed by atoms with Gasteiger partial charge in [0.25, 0.3) is 0 Å². The molecule has 1 aliphatic rings. The topological polar surface area (TPSA) is 25.2 Å². The van der Waals surface area contributed by atoms with E-state index in [0.717, 1.165) is 37.2 Å². The fourth-order valence-electron chi connectivity index (χ4n) is 1.89. The summed E-state index contributed by atoms with van der Waals surface area (Å²) in [6, 6.07) is 2.70. The van der Waals surface area contributed by atoms with Crippen molar-refractivity contribution in [2.24, 2.45) is 4.99 Å². The quantitative estimate of drug-likeness (QED) is 0.740. The van der Waals surface area contributed by atoms with E-state index >= 15 is 0 Å². The molecular formula is C12H13F3N2. The molecule has 5 heteroatoms. The van der Waals surface area contributed by atoms with Crippen LogP contribution in [0.3, 0.4) is 0 Å². The number of aromatic nitrogens is 1. The van der Waals surface area contributed by atoms with Crippen molar-refractivity contribution in [3.8, 4) is 0 Å². The monoisotopic (exact) mass is 242 g/mol. The summed E-state index contributed by atoms with van der Waals surface area (Å²) >= 11 is 0. The summed E-state index contributed by atoms with van der Waals surface area (Å²) in [5, 5.41) is 0. The molecule has 0 aromatic carbocycles. The van der Waals surface area contributed by atoms with Crippen LogP contribution in [0.4, 0.5) is 13.2 Å². The molecule has 1 aromatic rings. The van der Waals surface area contributed by atoms with Gasteiger partial charge in [-0.05, 0) is 38.3 Å². The molecule has 0 amide bonds. The maximum absolute atomic E-state index is 12.4. The van der Waals surface area contributed by atoms with Crippen LogP contribution in [0.1, 0.15) is 37.4 Å². The van der Waals surface area contributed by atoms with Gasteiger partial charge in [-0.25, -0.2) is 0 Å². The molecule has 2 nitrogen and oxygen atoms in total. The minimum atomic E-state index is -4.33. The lowest BCUT2D eigenvalue weighted by molar-refractivity contribution is -0.137. The van der Waals surface area contributed by atoms with Gasteiger partial charge in [0.15, 0.2) is 0 Å². The number of aliphatic imine (C=N–C) groups is 1. The Morgan fingerprint density at radius 1 is 1.29 bits per heavy atom. The van der Waals surface area contributed by atoms with Crippen molar-refractivity contribution >= 4 is 5.71 Å². The summed E-state index contributed by atoms with van der Waals surface area (Å²) in [5.41, 5.74) is 0.660. The highest BCUT2D eigenvalue weighted by Gasteiger charge is 2.30. The van der Waals surface area contributed by atoms with Gasteiger partial charge in [0.2, 0.25) is 0 Å². The predicted molar refractivity (Wildman–Crippen MR) is 59.1 cm³/mol. The lowest BCUT2D eigenvalue weighted by atomic mass is 10.0. The van der Waals surface area contributed by atoms with Crippen molar-refractivity contribution in [1.82, 2.24) is 4.98 Å². The molecular weight excluding hydrogens is 229 g/mol. The molecule has 2 heterocycles. The smallest absolute Gasteiger partial charge is 0.284 e. The molecule has 0 aliphatic carbocycles. The van der Waals surface area contributed by atoms with Crippen LogP contribution in [0.5, 0.6) is 0 Å². The molecule has 0 spiro atoms. The Hall–Kier alpha value is -1.39. The van der Waals surface area contributed by atoms with Crippen LogP contribution in [0.15, 0.2) is 23.3 Å². The fourth-order valence-corrected chi connectivity index (χ4v) is 1.89. The van der Waals surface area contributed by atoms with Crippen LogP contribution < -0.4 is 0 Å². The number of rotatable bonds is 1. The zero-order chi connectivity index (χ0) is 12.5. The molecule has 0 bridgehead atoms. The van der Waals surface area contributed by atoms with E-state index in [1.54, 1.807) is 0 Å². The Kier molecular flexibility index (Phi) is 3.17. The fraction of sp³-hybridized carbons (Fsp3) is 0.500. The molecule has 92 valence electrons. The first-order valence-corrected chi connectivity index (χ1v) is 5.57. The summed E-state index contributed by atoms with van der Waals surface area (Å²) in [7, 11) is 0. The van der Waals surface area contributed by atoms with Gasteiger partial charge in [-0.15, -0.1) is 0 Å². The number of hydrogen-bond donors (Lipinski definition) is 0. The molecule has 1 aromatic heterocycles. The Morgan fingerprint density at radius 2 is 2.06 bits per heavy atom. The van der Waals surface area contributed by atoms with Gasteiger partial charge in [0, 0.05) is 12.2 Å². The minimum Gasteiger partial charge on any atom is -0.284 e. The largest absolute Gasteiger partial charge is 0.417 e. The zero-order valence-electron chi connectivity index (χ0n) is 9.46. The Balaban J connectivity index is 2.24. The maximum atomic E-state index is 12.4. The Morgan fingerprint density at radius 3 is 2.59 bits per heavy atom. The summed E-state index contributed by atoms with van der Waals surface area (Å²) < 4.78 is 37.1.